The number of terminal acetylenes is 1. The zero-order valence-corrected chi connectivity index (χ0v) is 10.3. The number of benzene rings is 1. The van der Waals surface area contributed by atoms with E-state index in [-0.39, 0.29) is 0 Å². The molecule has 1 aromatic rings. The van der Waals surface area contributed by atoms with Crippen molar-refractivity contribution in [1.82, 2.24) is 0 Å². The first-order chi connectivity index (χ1) is 7.56. The molecule has 1 heterocycles. The average Bonchev–Trinajstić information content (AvgIpc) is 2.33. The number of fused-ring (bicyclic) bond motifs is 1. The smallest absolute Gasteiger partial charge is 0.130 e. The van der Waals surface area contributed by atoms with Gasteiger partial charge in [-0.05, 0) is 56.0 Å². The molecular weight excluding hydrogens is 196 g/mol. The summed E-state index contributed by atoms with van der Waals surface area (Å²) in [6.07, 6.45) is 7.50. The lowest BCUT2D eigenvalue weighted by atomic mass is 9.91. The number of hydrogen-bond donors (Lipinski definition) is 0. The van der Waals surface area contributed by atoms with Crippen LogP contribution in [0.1, 0.15) is 27.8 Å². The standard InChI is InChI=1S/C15H16O/c1-6-13-7-14-11(4)9(2)10(3)12(5)15(14)16-8-13/h1,7H,8H2,2-5H3. The van der Waals surface area contributed by atoms with Crippen LogP contribution >= 0.6 is 0 Å². The molecule has 0 aromatic heterocycles. The summed E-state index contributed by atoms with van der Waals surface area (Å²) in [5, 5.41) is 0. The molecule has 0 saturated heterocycles. The van der Waals surface area contributed by atoms with Crippen LogP contribution in [0.2, 0.25) is 0 Å². The Kier molecular flexibility index (Phi) is 2.52. The maximum absolute atomic E-state index is 5.76. The first kappa shape index (κ1) is 10.8. The maximum atomic E-state index is 5.76. The summed E-state index contributed by atoms with van der Waals surface area (Å²) >= 11 is 0. The Morgan fingerprint density at radius 1 is 1.06 bits per heavy atom. The van der Waals surface area contributed by atoms with Gasteiger partial charge in [-0.15, -0.1) is 6.42 Å². The van der Waals surface area contributed by atoms with Crippen LogP contribution in [0.3, 0.4) is 0 Å². The van der Waals surface area contributed by atoms with Gasteiger partial charge in [-0.1, -0.05) is 5.92 Å². The van der Waals surface area contributed by atoms with Crippen molar-refractivity contribution in [2.75, 3.05) is 6.61 Å². The quantitative estimate of drug-likeness (QED) is 0.599. The van der Waals surface area contributed by atoms with Crippen LogP contribution in [0.5, 0.6) is 5.75 Å². The molecule has 82 valence electrons. The third-order valence-corrected chi connectivity index (χ3v) is 3.55. The highest BCUT2D eigenvalue weighted by Gasteiger charge is 2.18. The van der Waals surface area contributed by atoms with E-state index in [9.17, 15) is 0 Å². The van der Waals surface area contributed by atoms with Gasteiger partial charge in [0.15, 0.2) is 0 Å². The molecule has 0 amide bonds. The fourth-order valence-corrected chi connectivity index (χ4v) is 2.12. The van der Waals surface area contributed by atoms with E-state index < -0.39 is 0 Å². The van der Waals surface area contributed by atoms with Crippen LogP contribution in [0.25, 0.3) is 6.08 Å². The van der Waals surface area contributed by atoms with Crippen molar-refractivity contribution in [1.29, 1.82) is 0 Å². The van der Waals surface area contributed by atoms with Crippen molar-refractivity contribution in [3.8, 4) is 18.1 Å². The third-order valence-electron chi connectivity index (χ3n) is 3.55. The largest absolute Gasteiger partial charge is 0.487 e. The van der Waals surface area contributed by atoms with Crippen molar-refractivity contribution in [2.45, 2.75) is 27.7 Å². The summed E-state index contributed by atoms with van der Waals surface area (Å²) < 4.78 is 5.76. The van der Waals surface area contributed by atoms with Crippen LogP contribution in [0.15, 0.2) is 5.57 Å². The van der Waals surface area contributed by atoms with Gasteiger partial charge < -0.3 is 4.74 Å². The SMILES string of the molecule is C#CC1=Cc2c(C)c(C)c(C)c(C)c2OC1. The molecule has 0 spiro atoms. The summed E-state index contributed by atoms with van der Waals surface area (Å²) in [5.41, 5.74) is 7.21. The topological polar surface area (TPSA) is 9.23 Å². The predicted molar refractivity (Wildman–Crippen MR) is 67.7 cm³/mol. The summed E-state index contributed by atoms with van der Waals surface area (Å²) in [4.78, 5) is 0. The Morgan fingerprint density at radius 2 is 1.69 bits per heavy atom. The molecule has 2 rings (SSSR count). The summed E-state index contributed by atoms with van der Waals surface area (Å²) in [5.74, 6) is 3.66. The molecule has 0 N–H and O–H groups in total. The van der Waals surface area contributed by atoms with Crippen molar-refractivity contribution in [3.63, 3.8) is 0 Å². The lowest BCUT2D eigenvalue weighted by Gasteiger charge is -2.22. The molecule has 0 radical (unpaired) electrons. The molecule has 0 fully saturated rings. The minimum Gasteiger partial charge on any atom is -0.487 e. The molecule has 0 bridgehead atoms. The molecule has 1 nitrogen and oxygen atoms in total. The van der Waals surface area contributed by atoms with Crippen LogP contribution in [0, 0.1) is 40.0 Å². The van der Waals surface area contributed by atoms with E-state index in [4.69, 9.17) is 11.2 Å². The van der Waals surface area contributed by atoms with E-state index in [1.807, 2.05) is 0 Å². The van der Waals surface area contributed by atoms with Crippen molar-refractivity contribution >= 4 is 6.08 Å². The highest BCUT2D eigenvalue weighted by Crippen LogP contribution is 2.36. The average molecular weight is 212 g/mol. The van der Waals surface area contributed by atoms with Gasteiger partial charge in [0.05, 0.1) is 0 Å². The molecule has 0 aliphatic carbocycles. The van der Waals surface area contributed by atoms with E-state index >= 15 is 0 Å². The van der Waals surface area contributed by atoms with Gasteiger partial charge in [-0.3, -0.25) is 0 Å². The monoisotopic (exact) mass is 212 g/mol. The molecule has 1 aliphatic rings. The molecule has 16 heavy (non-hydrogen) atoms. The molecule has 0 atom stereocenters. The van der Waals surface area contributed by atoms with E-state index in [1.54, 1.807) is 0 Å². The zero-order valence-electron chi connectivity index (χ0n) is 10.3. The Balaban J connectivity index is 2.76. The van der Waals surface area contributed by atoms with Gasteiger partial charge in [0.25, 0.3) is 0 Å². The molecule has 0 saturated carbocycles. The van der Waals surface area contributed by atoms with Gasteiger partial charge in [0.2, 0.25) is 0 Å². The fourth-order valence-electron chi connectivity index (χ4n) is 2.12. The van der Waals surface area contributed by atoms with E-state index in [2.05, 4.69) is 39.7 Å². The van der Waals surface area contributed by atoms with Crippen molar-refractivity contribution < 1.29 is 4.74 Å². The predicted octanol–water partition coefficient (Wildman–Crippen LogP) is 3.33. The van der Waals surface area contributed by atoms with Gasteiger partial charge in [-0.25, -0.2) is 0 Å². The van der Waals surface area contributed by atoms with E-state index in [1.165, 1.54) is 22.3 Å². The molecule has 1 heteroatoms. The first-order valence-corrected chi connectivity index (χ1v) is 5.46. The fraction of sp³-hybridized carbons (Fsp3) is 0.333. The van der Waals surface area contributed by atoms with Crippen LogP contribution in [-0.4, -0.2) is 6.61 Å². The summed E-state index contributed by atoms with van der Waals surface area (Å²) in [7, 11) is 0. The normalized spacial score (nSPS) is 13.6. The molecule has 1 aliphatic heterocycles. The second-order valence-electron chi connectivity index (χ2n) is 4.35. The lowest BCUT2D eigenvalue weighted by Crippen LogP contribution is -2.10. The molecular formula is C15H16O. The Hall–Kier alpha value is -1.68. The highest BCUT2D eigenvalue weighted by atomic mass is 16.5. The summed E-state index contributed by atoms with van der Waals surface area (Å²) in [6, 6.07) is 0. The Labute approximate surface area is 97.1 Å². The third kappa shape index (κ3) is 1.42. The van der Waals surface area contributed by atoms with Crippen LogP contribution in [0.4, 0.5) is 0 Å². The van der Waals surface area contributed by atoms with Gasteiger partial charge in [-0.2, -0.15) is 0 Å². The number of ether oxygens (including phenoxy) is 1. The number of rotatable bonds is 0. The van der Waals surface area contributed by atoms with Crippen molar-refractivity contribution in [3.05, 3.63) is 33.4 Å². The minimum absolute atomic E-state index is 0.520. The van der Waals surface area contributed by atoms with Crippen molar-refractivity contribution in [2.24, 2.45) is 0 Å². The van der Waals surface area contributed by atoms with Gasteiger partial charge >= 0.3 is 0 Å². The number of hydrogen-bond acceptors (Lipinski definition) is 1. The minimum atomic E-state index is 0.520. The molecule has 0 unspecified atom stereocenters. The molecule has 1 aromatic carbocycles. The lowest BCUT2D eigenvalue weighted by molar-refractivity contribution is 0.349. The second-order valence-corrected chi connectivity index (χ2v) is 4.35. The van der Waals surface area contributed by atoms with Gasteiger partial charge in [0.1, 0.15) is 12.4 Å². The first-order valence-electron chi connectivity index (χ1n) is 5.46. The Morgan fingerprint density at radius 3 is 2.31 bits per heavy atom. The Bertz CT molecular complexity index is 528. The van der Waals surface area contributed by atoms with E-state index in [0.717, 1.165) is 16.9 Å². The zero-order chi connectivity index (χ0) is 11.9. The second kappa shape index (κ2) is 3.72. The van der Waals surface area contributed by atoms with E-state index in [0.29, 0.717) is 6.61 Å². The van der Waals surface area contributed by atoms with Crippen LogP contribution < -0.4 is 4.74 Å². The highest BCUT2D eigenvalue weighted by molar-refractivity contribution is 5.72. The van der Waals surface area contributed by atoms with Crippen LogP contribution in [-0.2, 0) is 0 Å². The van der Waals surface area contributed by atoms with Gasteiger partial charge in [0, 0.05) is 11.1 Å². The maximum Gasteiger partial charge on any atom is 0.130 e. The summed E-state index contributed by atoms with van der Waals surface area (Å²) in [6.45, 7) is 9.04.